The number of benzene rings is 1. The van der Waals surface area contributed by atoms with Crippen LogP contribution in [0.2, 0.25) is 0 Å². The number of piperidine rings is 1. The third-order valence-corrected chi connectivity index (χ3v) is 4.40. The Balaban J connectivity index is 1.87. The van der Waals surface area contributed by atoms with Gasteiger partial charge in [-0.05, 0) is 45.3 Å². The summed E-state index contributed by atoms with van der Waals surface area (Å²) in [6, 6.07) is 10.2. The van der Waals surface area contributed by atoms with Crippen LogP contribution in [-0.2, 0) is 16.1 Å². The second-order valence-electron chi connectivity index (χ2n) is 6.49. The third kappa shape index (κ3) is 5.06. The standard InChI is InChI=1S/C18H26N2O3/c1-14(2)20(13-17(21)22)18(23)16-8-10-19(11-9-16)12-15-6-4-3-5-7-15/h3-7,14,16H,8-13H2,1-2H3,(H,21,22). The summed E-state index contributed by atoms with van der Waals surface area (Å²) in [7, 11) is 0. The zero-order chi connectivity index (χ0) is 16.8. The zero-order valence-electron chi connectivity index (χ0n) is 13.9. The molecule has 1 aliphatic rings. The van der Waals surface area contributed by atoms with Crippen molar-refractivity contribution in [3.63, 3.8) is 0 Å². The number of carboxylic acids is 1. The van der Waals surface area contributed by atoms with Crippen molar-refractivity contribution in [2.24, 2.45) is 5.92 Å². The van der Waals surface area contributed by atoms with Crippen LogP contribution in [0.3, 0.4) is 0 Å². The molecule has 0 atom stereocenters. The molecule has 0 bridgehead atoms. The molecule has 0 saturated carbocycles. The molecular weight excluding hydrogens is 292 g/mol. The number of hydrogen-bond acceptors (Lipinski definition) is 3. The Morgan fingerprint density at radius 2 is 1.83 bits per heavy atom. The van der Waals surface area contributed by atoms with Gasteiger partial charge in [-0.1, -0.05) is 30.3 Å². The molecule has 0 spiro atoms. The smallest absolute Gasteiger partial charge is 0.323 e. The van der Waals surface area contributed by atoms with Gasteiger partial charge in [0, 0.05) is 18.5 Å². The summed E-state index contributed by atoms with van der Waals surface area (Å²) in [6.45, 7) is 6.19. The average molecular weight is 318 g/mol. The Morgan fingerprint density at radius 1 is 1.22 bits per heavy atom. The molecule has 1 N–H and O–H groups in total. The second-order valence-corrected chi connectivity index (χ2v) is 6.49. The lowest BCUT2D eigenvalue weighted by molar-refractivity contribution is -0.148. The summed E-state index contributed by atoms with van der Waals surface area (Å²) >= 11 is 0. The second kappa shape index (κ2) is 8.11. The summed E-state index contributed by atoms with van der Waals surface area (Å²) in [4.78, 5) is 27.4. The Labute approximate surface area is 137 Å². The van der Waals surface area contributed by atoms with Crippen LogP contribution in [0.4, 0.5) is 0 Å². The Morgan fingerprint density at radius 3 is 2.35 bits per heavy atom. The highest BCUT2D eigenvalue weighted by Gasteiger charge is 2.30. The highest BCUT2D eigenvalue weighted by Crippen LogP contribution is 2.22. The number of hydrogen-bond donors (Lipinski definition) is 1. The molecule has 5 nitrogen and oxygen atoms in total. The largest absolute Gasteiger partial charge is 0.480 e. The molecule has 1 heterocycles. The van der Waals surface area contributed by atoms with Gasteiger partial charge >= 0.3 is 5.97 Å². The molecule has 1 aromatic carbocycles. The molecule has 0 radical (unpaired) electrons. The van der Waals surface area contributed by atoms with Crippen molar-refractivity contribution in [3.8, 4) is 0 Å². The first kappa shape index (κ1) is 17.5. The van der Waals surface area contributed by atoms with Gasteiger partial charge in [-0.25, -0.2) is 0 Å². The maximum atomic E-state index is 12.6. The van der Waals surface area contributed by atoms with Crippen LogP contribution in [-0.4, -0.2) is 52.5 Å². The van der Waals surface area contributed by atoms with Gasteiger partial charge in [0.2, 0.25) is 5.91 Å². The quantitative estimate of drug-likeness (QED) is 0.874. The van der Waals surface area contributed by atoms with E-state index in [0.29, 0.717) is 0 Å². The molecule has 1 amide bonds. The minimum atomic E-state index is -0.950. The van der Waals surface area contributed by atoms with Crippen LogP contribution in [0.15, 0.2) is 30.3 Å². The van der Waals surface area contributed by atoms with Crippen molar-refractivity contribution < 1.29 is 14.7 Å². The topological polar surface area (TPSA) is 60.9 Å². The van der Waals surface area contributed by atoms with Gasteiger partial charge in [-0.15, -0.1) is 0 Å². The van der Waals surface area contributed by atoms with Crippen LogP contribution in [0, 0.1) is 5.92 Å². The highest BCUT2D eigenvalue weighted by molar-refractivity contribution is 5.83. The van der Waals surface area contributed by atoms with E-state index in [4.69, 9.17) is 5.11 Å². The van der Waals surface area contributed by atoms with Crippen molar-refractivity contribution in [2.45, 2.75) is 39.3 Å². The fourth-order valence-electron chi connectivity index (χ4n) is 3.07. The fraction of sp³-hybridized carbons (Fsp3) is 0.556. The van der Waals surface area contributed by atoms with Crippen LogP contribution >= 0.6 is 0 Å². The van der Waals surface area contributed by atoms with Crippen molar-refractivity contribution in [3.05, 3.63) is 35.9 Å². The molecule has 23 heavy (non-hydrogen) atoms. The van der Waals surface area contributed by atoms with E-state index in [1.54, 1.807) is 0 Å². The summed E-state index contributed by atoms with van der Waals surface area (Å²) in [6.07, 6.45) is 1.60. The maximum Gasteiger partial charge on any atom is 0.323 e. The molecule has 1 aliphatic heterocycles. The molecule has 0 aromatic heterocycles. The van der Waals surface area contributed by atoms with Gasteiger partial charge in [0.25, 0.3) is 0 Å². The summed E-state index contributed by atoms with van der Waals surface area (Å²) < 4.78 is 0. The number of rotatable bonds is 6. The van der Waals surface area contributed by atoms with E-state index in [-0.39, 0.29) is 24.4 Å². The number of carbonyl (C=O) groups is 2. The predicted octanol–water partition coefficient (Wildman–Crippen LogP) is 2.22. The Kier molecular flexibility index (Phi) is 6.16. The molecule has 0 aliphatic carbocycles. The van der Waals surface area contributed by atoms with Crippen molar-refractivity contribution in [2.75, 3.05) is 19.6 Å². The summed E-state index contributed by atoms with van der Waals surface area (Å²) in [5, 5.41) is 8.98. The van der Waals surface area contributed by atoms with E-state index in [9.17, 15) is 9.59 Å². The lowest BCUT2D eigenvalue weighted by atomic mass is 9.94. The molecule has 126 valence electrons. The first-order valence-corrected chi connectivity index (χ1v) is 8.26. The third-order valence-electron chi connectivity index (χ3n) is 4.40. The lowest BCUT2D eigenvalue weighted by Crippen LogP contribution is -2.46. The van der Waals surface area contributed by atoms with Crippen LogP contribution in [0.1, 0.15) is 32.3 Å². The van der Waals surface area contributed by atoms with Gasteiger partial charge in [-0.2, -0.15) is 0 Å². The van der Waals surface area contributed by atoms with E-state index < -0.39 is 5.97 Å². The van der Waals surface area contributed by atoms with E-state index in [0.717, 1.165) is 32.5 Å². The molecule has 1 fully saturated rings. The first-order valence-electron chi connectivity index (χ1n) is 8.26. The van der Waals surface area contributed by atoms with Crippen LogP contribution < -0.4 is 0 Å². The lowest BCUT2D eigenvalue weighted by Gasteiger charge is -2.35. The van der Waals surface area contributed by atoms with E-state index in [1.807, 2.05) is 32.0 Å². The summed E-state index contributed by atoms with van der Waals surface area (Å²) in [5.41, 5.74) is 1.28. The molecule has 1 aromatic rings. The highest BCUT2D eigenvalue weighted by atomic mass is 16.4. The molecule has 0 unspecified atom stereocenters. The number of carbonyl (C=O) groups excluding carboxylic acids is 1. The number of likely N-dealkylation sites (tertiary alicyclic amines) is 1. The van der Waals surface area contributed by atoms with Gasteiger partial charge in [0.05, 0.1) is 0 Å². The first-order chi connectivity index (χ1) is 11.0. The average Bonchev–Trinajstić information content (AvgIpc) is 2.53. The zero-order valence-corrected chi connectivity index (χ0v) is 13.9. The van der Waals surface area contributed by atoms with Gasteiger partial charge < -0.3 is 10.0 Å². The minimum Gasteiger partial charge on any atom is -0.480 e. The van der Waals surface area contributed by atoms with Crippen molar-refractivity contribution in [1.82, 2.24) is 9.80 Å². The van der Waals surface area contributed by atoms with Gasteiger partial charge in [-0.3, -0.25) is 14.5 Å². The Bertz CT molecular complexity index is 522. The monoisotopic (exact) mass is 318 g/mol. The molecule has 1 saturated heterocycles. The number of aliphatic carboxylic acids is 1. The Hall–Kier alpha value is -1.88. The number of nitrogens with zero attached hydrogens (tertiary/aromatic N) is 2. The fourth-order valence-corrected chi connectivity index (χ4v) is 3.07. The van der Waals surface area contributed by atoms with Crippen LogP contribution in [0.25, 0.3) is 0 Å². The van der Waals surface area contributed by atoms with E-state index in [1.165, 1.54) is 10.5 Å². The predicted molar refractivity (Wildman–Crippen MR) is 88.9 cm³/mol. The summed E-state index contributed by atoms with van der Waals surface area (Å²) in [5.74, 6) is -1.01. The number of amides is 1. The molecular formula is C18H26N2O3. The maximum absolute atomic E-state index is 12.6. The number of carboxylic acid groups (broad SMARTS) is 1. The van der Waals surface area contributed by atoms with Gasteiger partial charge in [0.1, 0.15) is 6.54 Å². The van der Waals surface area contributed by atoms with E-state index >= 15 is 0 Å². The SMILES string of the molecule is CC(C)N(CC(=O)O)C(=O)C1CCN(Cc2ccccc2)CC1. The minimum absolute atomic E-state index is 0.0123. The van der Waals surface area contributed by atoms with Gasteiger partial charge in [0.15, 0.2) is 0 Å². The van der Waals surface area contributed by atoms with E-state index in [2.05, 4.69) is 17.0 Å². The normalized spacial score (nSPS) is 16.5. The van der Waals surface area contributed by atoms with Crippen molar-refractivity contribution in [1.29, 1.82) is 0 Å². The van der Waals surface area contributed by atoms with Crippen molar-refractivity contribution >= 4 is 11.9 Å². The molecule has 5 heteroatoms. The van der Waals surface area contributed by atoms with Crippen LogP contribution in [0.5, 0.6) is 0 Å². The molecule has 2 rings (SSSR count).